The van der Waals surface area contributed by atoms with Crippen LogP contribution in [0.3, 0.4) is 0 Å². The smallest absolute Gasteiger partial charge is 0.321 e. The molecule has 6 nitrogen and oxygen atoms in total. The Balaban J connectivity index is 2.82. The van der Waals surface area contributed by atoms with E-state index in [0.29, 0.717) is 5.69 Å². The first-order valence-corrected chi connectivity index (χ1v) is 6.67. The summed E-state index contributed by atoms with van der Waals surface area (Å²) >= 11 is 0. The number of carbonyl (C=O) groups excluding carboxylic acids is 1. The molecular formula is C15H22N2O4. The minimum absolute atomic E-state index is 0.142. The molecule has 0 heterocycles. The predicted molar refractivity (Wildman–Crippen MR) is 80.9 cm³/mol. The number of anilines is 1. The maximum atomic E-state index is 12.1. The molecule has 2 N–H and O–H groups in total. The summed E-state index contributed by atoms with van der Waals surface area (Å²) in [7, 11) is 3.15. The summed E-state index contributed by atoms with van der Waals surface area (Å²) in [4.78, 5) is 24.3. The van der Waals surface area contributed by atoms with Crippen LogP contribution in [0, 0.1) is 19.8 Å². The average Bonchev–Trinajstić information content (AvgIpc) is 2.42. The molecular weight excluding hydrogens is 272 g/mol. The average molecular weight is 294 g/mol. The molecule has 0 aliphatic rings. The van der Waals surface area contributed by atoms with Crippen LogP contribution in [0.4, 0.5) is 10.5 Å². The Morgan fingerprint density at radius 1 is 1.38 bits per heavy atom. The van der Waals surface area contributed by atoms with Gasteiger partial charge in [0.1, 0.15) is 5.75 Å². The molecule has 1 atom stereocenters. The van der Waals surface area contributed by atoms with E-state index in [-0.39, 0.29) is 12.6 Å². The lowest BCUT2D eigenvalue weighted by molar-refractivity contribution is -0.141. The topological polar surface area (TPSA) is 78.9 Å². The predicted octanol–water partition coefficient (Wildman–Crippen LogP) is 2.50. The van der Waals surface area contributed by atoms with Crippen LogP contribution in [0.2, 0.25) is 0 Å². The van der Waals surface area contributed by atoms with E-state index >= 15 is 0 Å². The van der Waals surface area contributed by atoms with Gasteiger partial charge < -0.3 is 20.1 Å². The van der Waals surface area contributed by atoms with Crippen molar-refractivity contribution >= 4 is 17.7 Å². The van der Waals surface area contributed by atoms with E-state index in [1.54, 1.807) is 27.1 Å². The highest BCUT2D eigenvalue weighted by Crippen LogP contribution is 2.29. The Labute approximate surface area is 124 Å². The SMILES string of the molecule is COc1c(C)ccc(NC(=O)N(C)CC(C)C(=O)O)c1C. The van der Waals surface area contributed by atoms with Crippen LogP contribution in [0.1, 0.15) is 18.1 Å². The molecule has 116 valence electrons. The first kappa shape index (κ1) is 16.8. The van der Waals surface area contributed by atoms with E-state index in [1.807, 2.05) is 19.9 Å². The van der Waals surface area contributed by atoms with Crippen molar-refractivity contribution in [2.75, 3.05) is 26.0 Å². The highest BCUT2D eigenvalue weighted by molar-refractivity contribution is 5.90. The number of carboxylic acids is 1. The Morgan fingerprint density at radius 3 is 2.52 bits per heavy atom. The van der Waals surface area contributed by atoms with E-state index < -0.39 is 11.9 Å². The quantitative estimate of drug-likeness (QED) is 0.874. The van der Waals surface area contributed by atoms with Gasteiger partial charge in [0.2, 0.25) is 0 Å². The molecule has 1 aromatic carbocycles. The monoisotopic (exact) mass is 294 g/mol. The molecule has 1 aromatic rings. The fourth-order valence-electron chi connectivity index (χ4n) is 2.06. The minimum Gasteiger partial charge on any atom is -0.496 e. The van der Waals surface area contributed by atoms with Gasteiger partial charge >= 0.3 is 12.0 Å². The highest BCUT2D eigenvalue weighted by atomic mass is 16.5. The Bertz CT molecular complexity index is 543. The van der Waals surface area contributed by atoms with E-state index in [2.05, 4.69) is 5.32 Å². The van der Waals surface area contributed by atoms with Crippen LogP contribution in [-0.2, 0) is 4.79 Å². The van der Waals surface area contributed by atoms with Gasteiger partial charge in [-0.3, -0.25) is 4.79 Å². The Hall–Kier alpha value is -2.24. The van der Waals surface area contributed by atoms with Crippen LogP contribution >= 0.6 is 0 Å². The Morgan fingerprint density at radius 2 is 2.00 bits per heavy atom. The maximum Gasteiger partial charge on any atom is 0.321 e. The lowest BCUT2D eigenvalue weighted by atomic mass is 10.1. The molecule has 1 unspecified atom stereocenters. The summed E-state index contributed by atoms with van der Waals surface area (Å²) < 4.78 is 5.31. The van der Waals surface area contributed by atoms with Gasteiger partial charge in [0, 0.05) is 24.8 Å². The molecule has 1 rings (SSSR count). The highest BCUT2D eigenvalue weighted by Gasteiger charge is 2.18. The molecule has 2 amide bonds. The number of nitrogens with one attached hydrogen (secondary N) is 1. The number of aryl methyl sites for hydroxylation is 1. The summed E-state index contributed by atoms with van der Waals surface area (Å²) in [6.07, 6.45) is 0. The van der Waals surface area contributed by atoms with Crippen molar-refractivity contribution in [1.29, 1.82) is 0 Å². The Kier molecular flexibility index (Phi) is 5.58. The largest absolute Gasteiger partial charge is 0.496 e. The third-order valence-corrected chi connectivity index (χ3v) is 3.36. The molecule has 6 heteroatoms. The zero-order valence-corrected chi connectivity index (χ0v) is 13.1. The number of urea groups is 1. The van der Waals surface area contributed by atoms with E-state index in [4.69, 9.17) is 9.84 Å². The van der Waals surface area contributed by atoms with E-state index in [0.717, 1.165) is 16.9 Å². The fourth-order valence-corrected chi connectivity index (χ4v) is 2.06. The third kappa shape index (κ3) is 4.11. The molecule has 0 saturated carbocycles. The first-order chi connectivity index (χ1) is 9.77. The van der Waals surface area contributed by atoms with Gasteiger partial charge in [-0.2, -0.15) is 0 Å². The van der Waals surface area contributed by atoms with E-state index in [9.17, 15) is 9.59 Å². The molecule has 0 radical (unpaired) electrons. The van der Waals surface area contributed by atoms with Gasteiger partial charge in [-0.1, -0.05) is 13.0 Å². The number of ether oxygens (including phenoxy) is 1. The van der Waals surface area contributed by atoms with Crippen LogP contribution in [0.25, 0.3) is 0 Å². The zero-order valence-electron chi connectivity index (χ0n) is 13.1. The van der Waals surface area contributed by atoms with Crippen LogP contribution in [-0.4, -0.2) is 42.7 Å². The van der Waals surface area contributed by atoms with Gasteiger partial charge in [0.05, 0.1) is 13.0 Å². The molecule has 0 aliphatic heterocycles. The van der Waals surface area contributed by atoms with Crippen LogP contribution in [0.5, 0.6) is 5.75 Å². The van der Waals surface area contributed by atoms with Crippen LogP contribution in [0.15, 0.2) is 12.1 Å². The number of amides is 2. The second-order valence-electron chi connectivity index (χ2n) is 5.14. The van der Waals surface area contributed by atoms with Crippen molar-refractivity contribution in [2.45, 2.75) is 20.8 Å². The van der Waals surface area contributed by atoms with Crippen molar-refractivity contribution in [2.24, 2.45) is 5.92 Å². The van der Waals surface area contributed by atoms with Gasteiger partial charge in [-0.25, -0.2) is 4.79 Å². The second-order valence-corrected chi connectivity index (χ2v) is 5.14. The van der Waals surface area contributed by atoms with Crippen molar-refractivity contribution in [3.05, 3.63) is 23.3 Å². The summed E-state index contributed by atoms with van der Waals surface area (Å²) in [5, 5.41) is 11.6. The van der Waals surface area contributed by atoms with Gasteiger partial charge in [-0.05, 0) is 25.5 Å². The molecule has 0 saturated heterocycles. The fraction of sp³-hybridized carbons (Fsp3) is 0.467. The summed E-state index contributed by atoms with van der Waals surface area (Å²) in [6.45, 7) is 5.49. The second kappa shape index (κ2) is 6.97. The number of carbonyl (C=O) groups is 2. The summed E-state index contributed by atoms with van der Waals surface area (Å²) in [5.41, 5.74) is 2.48. The number of benzene rings is 1. The molecule has 0 aliphatic carbocycles. The van der Waals surface area contributed by atoms with Gasteiger partial charge in [-0.15, -0.1) is 0 Å². The third-order valence-electron chi connectivity index (χ3n) is 3.36. The lowest BCUT2D eigenvalue weighted by Crippen LogP contribution is -2.36. The van der Waals surface area contributed by atoms with E-state index in [1.165, 1.54) is 4.90 Å². The van der Waals surface area contributed by atoms with Crippen LogP contribution < -0.4 is 10.1 Å². The van der Waals surface area contributed by atoms with Crippen molar-refractivity contribution in [3.63, 3.8) is 0 Å². The van der Waals surface area contributed by atoms with Crippen molar-refractivity contribution in [1.82, 2.24) is 4.90 Å². The maximum absolute atomic E-state index is 12.1. The normalized spacial score (nSPS) is 11.7. The summed E-state index contributed by atoms with van der Waals surface area (Å²) in [6, 6.07) is 3.32. The molecule has 0 aromatic heterocycles. The minimum atomic E-state index is -0.928. The number of rotatable bonds is 5. The number of hydrogen-bond donors (Lipinski definition) is 2. The molecule has 21 heavy (non-hydrogen) atoms. The van der Waals surface area contributed by atoms with Crippen molar-refractivity contribution in [3.8, 4) is 5.75 Å². The zero-order chi connectivity index (χ0) is 16.2. The number of methoxy groups -OCH3 is 1. The number of nitrogens with zero attached hydrogens (tertiary/aromatic N) is 1. The lowest BCUT2D eigenvalue weighted by Gasteiger charge is -2.21. The van der Waals surface area contributed by atoms with Crippen molar-refractivity contribution < 1.29 is 19.4 Å². The standard InChI is InChI=1S/C15H22N2O4/c1-9-6-7-12(11(3)13(9)21-5)16-15(20)17(4)8-10(2)14(18)19/h6-7,10H,8H2,1-5H3,(H,16,20)(H,18,19). The molecule has 0 bridgehead atoms. The molecule has 0 spiro atoms. The number of hydrogen-bond acceptors (Lipinski definition) is 3. The number of aliphatic carboxylic acids is 1. The first-order valence-electron chi connectivity index (χ1n) is 6.67. The number of carboxylic acid groups (broad SMARTS) is 1. The summed E-state index contributed by atoms with van der Waals surface area (Å²) in [5.74, 6) is -0.813. The molecule has 0 fully saturated rings. The van der Waals surface area contributed by atoms with Gasteiger partial charge in [0.15, 0.2) is 0 Å². The van der Waals surface area contributed by atoms with Gasteiger partial charge in [0.25, 0.3) is 0 Å².